The summed E-state index contributed by atoms with van der Waals surface area (Å²) in [5, 5.41) is 9.02. The van der Waals surface area contributed by atoms with Gasteiger partial charge in [-0.2, -0.15) is 0 Å². The Hall–Kier alpha value is -1.91. The van der Waals surface area contributed by atoms with Crippen molar-refractivity contribution in [2.75, 3.05) is 6.54 Å². The summed E-state index contributed by atoms with van der Waals surface area (Å²) in [5.74, 6) is -1.11. The van der Waals surface area contributed by atoms with Crippen LogP contribution in [0.5, 0.6) is 0 Å². The van der Waals surface area contributed by atoms with Crippen molar-refractivity contribution in [3.8, 4) is 0 Å². The summed E-state index contributed by atoms with van der Waals surface area (Å²) in [6, 6.07) is 3.27. The molecule has 1 N–H and O–H groups in total. The predicted octanol–water partition coefficient (Wildman–Crippen LogP) is 2.88. The zero-order valence-corrected chi connectivity index (χ0v) is 12.6. The molecule has 0 aromatic carbocycles. The molecule has 1 aliphatic carbocycles. The van der Waals surface area contributed by atoms with Crippen LogP contribution >= 0.6 is 0 Å². The molecule has 2 rings (SSSR count). The van der Waals surface area contributed by atoms with Gasteiger partial charge in [0.2, 0.25) is 0 Å². The fourth-order valence-corrected chi connectivity index (χ4v) is 3.01. The molecule has 1 amide bonds. The number of aryl methyl sites for hydroxylation is 1. The molecule has 0 spiro atoms. The van der Waals surface area contributed by atoms with Gasteiger partial charge in [0.05, 0.1) is 11.3 Å². The van der Waals surface area contributed by atoms with Gasteiger partial charge in [-0.1, -0.05) is 19.3 Å². The van der Waals surface area contributed by atoms with E-state index in [0.29, 0.717) is 17.9 Å². The summed E-state index contributed by atoms with van der Waals surface area (Å²) < 4.78 is 0. The Labute approximate surface area is 125 Å². The first-order valence-corrected chi connectivity index (χ1v) is 7.56. The minimum Gasteiger partial charge on any atom is -0.478 e. The summed E-state index contributed by atoms with van der Waals surface area (Å²) in [5.41, 5.74) is 0.866. The number of pyridine rings is 1. The van der Waals surface area contributed by atoms with Crippen molar-refractivity contribution in [2.24, 2.45) is 0 Å². The number of nitrogens with zero attached hydrogens (tertiary/aromatic N) is 2. The summed E-state index contributed by atoms with van der Waals surface area (Å²) in [4.78, 5) is 29.7. The second-order valence-electron chi connectivity index (χ2n) is 5.52. The number of rotatable bonds is 4. The van der Waals surface area contributed by atoms with E-state index in [1.807, 2.05) is 11.8 Å². The van der Waals surface area contributed by atoms with Gasteiger partial charge in [0.1, 0.15) is 5.69 Å². The molecule has 1 aliphatic rings. The molecule has 1 aromatic heterocycles. The largest absolute Gasteiger partial charge is 0.478 e. The second-order valence-corrected chi connectivity index (χ2v) is 5.52. The molecule has 0 bridgehead atoms. The van der Waals surface area contributed by atoms with Crippen LogP contribution in [0.3, 0.4) is 0 Å². The molecular formula is C16H22N2O3. The lowest BCUT2D eigenvalue weighted by atomic mass is 9.94. The molecule has 0 unspecified atom stereocenters. The van der Waals surface area contributed by atoms with Crippen LogP contribution in [0.25, 0.3) is 0 Å². The molecule has 5 nitrogen and oxygen atoms in total. The Morgan fingerprint density at radius 2 is 1.95 bits per heavy atom. The van der Waals surface area contributed by atoms with Gasteiger partial charge in [0.25, 0.3) is 5.91 Å². The number of aromatic carboxylic acids is 1. The van der Waals surface area contributed by atoms with Crippen molar-refractivity contribution in [2.45, 2.75) is 52.0 Å². The van der Waals surface area contributed by atoms with Gasteiger partial charge in [0, 0.05) is 12.6 Å². The van der Waals surface area contributed by atoms with Crippen LogP contribution < -0.4 is 0 Å². The van der Waals surface area contributed by atoms with Crippen LogP contribution in [-0.4, -0.2) is 39.5 Å². The van der Waals surface area contributed by atoms with E-state index in [-0.39, 0.29) is 17.5 Å². The second kappa shape index (κ2) is 6.70. The Morgan fingerprint density at radius 3 is 2.48 bits per heavy atom. The Bertz CT molecular complexity index is 536. The number of hydrogen-bond donors (Lipinski definition) is 1. The molecule has 0 radical (unpaired) electrons. The number of carboxylic acids is 1. The van der Waals surface area contributed by atoms with Crippen LogP contribution in [0.1, 0.15) is 65.6 Å². The van der Waals surface area contributed by atoms with Gasteiger partial charge in [-0.3, -0.25) is 4.79 Å². The zero-order valence-electron chi connectivity index (χ0n) is 12.6. The lowest BCUT2D eigenvalue weighted by Crippen LogP contribution is -2.41. The normalized spacial score (nSPS) is 15.7. The first-order valence-electron chi connectivity index (χ1n) is 7.56. The minimum atomic E-state index is -1.02. The predicted molar refractivity (Wildman–Crippen MR) is 79.5 cm³/mol. The summed E-state index contributed by atoms with van der Waals surface area (Å²) in [6.45, 7) is 4.26. The molecular weight excluding hydrogens is 268 g/mol. The highest BCUT2D eigenvalue weighted by atomic mass is 16.4. The van der Waals surface area contributed by atoms with Crippen LogP contribution in [0.4, 0.5) is 0 Å². The zero-order chi connectivity index (χ0) is 15.4. The fraction of sp³-hybridized carbons (Fsp3) is 0.562. The third kappa shape index (κ3) is 3.40. The van der Waals surface area contributed by atoms with Gasteiger partial charge in [-0.05, 0) is 38.8 Å². The first-order chi connectivity index (χ1) is 10.0. The standard InChI is InChI=1S/C16H22N2O3/c1-3-18(12-7-5-4-6-8-12)15(19)14-10-9-13(16(20)21)11(2)17-14/h9-10,12H,3-8H2,1-2H3,(H,20,21). The minimum absolute atomic E-state index is 0.0931. The Kier molecular flexibility index (Phi) is 4.94. The van der Waals surface area contributed by atoms with Crippen molar-refractivity contribution in [1.29, 1.82) is 0 Å². The van der Waals surface area contributed by atoms with E-state index in [9.17, 15) is 9.59 Å². The van der Waals surface area contributed by atoms with E-state index in [0.717, 1.165) is 12.8 Å². The number of hydrogen-bond acceptors (Lipinski definition) is 3. The third-order valence-electron chi connectivity index (χ3n) is 4.15. The van der Waals surface area contributed by atoms with E-state index >= 15 is 0 Å². The number of carboxylic acid groups (broad SMARTS) is 1. The molecule has 1 aromatic rings. The highest BCUT2D eigenvalue weighted by Gasteiger charge is 2.26. The molecule has 1 saturated carbocycles. The van der Waals surface area contributed by atoms with Crippen molar-refractivity contribution in [3.05, 3.63) is 29.1 Å². The van der Waals surface area contributed by atoms with Gasteiger partial charge in [-0.15, -0.1) is 0 Å². The van der Waals surface area contributed by atoms with Crippen molar-refractivity contribution in [3.63, 3.8) is 0 Å². The molecule has 21 heavy (non-hydrogen) atoms. The smallest absolute Gasteiger partial charge is 0.337 e. The molecule has 114 valence electrons. The van der Waals surface area contributed by atoms with Crippen molar-refractivity contribution >= 4 is 11.9 Å². The highest BCUT2D eigenvalue weighted by Crippen LogP contribution is 2.23. The number of amides is 1. The molecule has 5 heteroatoms. The third-order valence-corrected chi connectivity index (χ3v) is 4.15. The van der Waals surface area contributed by atoms with E-state index in [4.69, 9.17) is 5.11 Å². The fourth-order valence-electron chi connectivity index (χ4n) is 3.01. The van der Waals surface area contributed by atoms with Crippen LogP contribution in [0, 0.1) is 6.92 Å². The number of carbonyl (C=O) groups is 2. The summed E-state index contributed by atoms with van der Waals surface area (Å²) in [7, 11) is 0. The van der Waals surface area contributed by atoms with Crippen molar-refractivity contribution in [1.82, 2.24) is 9.88 Å². The van der Waals surface area contributed by atoms with Gasteiger partial charge in [-0.25, -0.2) is 9.78 Å². The Morgan fingerprint density at radius 1 is 1.29 bits per heavy atom. The van der Waals surface area contributed by atoms with E-state index in [2.05, 4.69) is 4.98 Å². The van der Waals surface area contributed by atoms with Crippen LogP contribution in [-0.2, 0) is 0 Å². The van der Waals surface area contributed by atoms with Crippen LogP contribution in [0.15, 0.2) is 12.1 Å². The summed E-state index contributed by atoms with van der Waals surface area (Å²) in [6.07, 6.45) is 5.67. The monoisotopic (exact) mass is 290 g/mol. The maximum atomic E-state index is 12.6. The van der Waals surface area contributed by atoms with E-state index in [1.165, 1.54) is 31.4 Å². The highest BCUT2D eigenvalue weighted by molar-refractivity contribution is 5.94. The average Bonchev–Trinajstić information content (AvgIpc) is 2.48. The van der Waals surface area contributed by atoms with Gasteiger partial charge >= 0.3 is 5.97 Å². The Balaban J connectivity index is 2.21. The van der Waals surface area contributed by atoms with Gasteiger partial charge < -0.3 is 10.0 Å². The first kappa shape index (κ1) is 15.5. The number of carbonyl (C=O) groups excluding carboxylic acids is 1. The van der Waals surface area contributed by atoms with Crippen LogP contribution in [0.2, 0.25) is 0 Å². The lowest BCUT2D eigenvalue weighted by Gasteiger charge is -2.33. The molecule has 1 fully saturated rings. The molecule has 0 atom stereocenters. The van der Waals surface area contributed by atoms with Crippen molar-refractivity contribution < 1.29 is 14.7 Å². The summed E-state index contributed by atoms with van der Waals surface area (Å²) >= 11 is 0. The molecule has 0 saturated heterocycles. The van der Waals surface area contributed by atoms with Gasteiger partial charge in [0.15, 0.2) is 0 Å². The maximum Gasteiger partial charge on any atom is 0.337 e. The topological polar surface area (TPSA) is 70.5 Å². The van der Waals surface area contributed by atoms with E-state index in [1.54, 1.807) is 6.92 Å². The molecule has 1 heterocycles. The average molecular weight is 290 g/mol. The lowest BCUT2D eigenvalue weighted by molar-refractivity contribution is 0.0637. The quantitative estimate of drug-likeness (QED) is 0.925. The van der Waals surface area contributed by atoms with E-state index < -0.39 is 5.97 Å². The number of aromatic nitrogens is 1. The SMILES string of the molecule is CCN(C(=O)c1ccc(C(=O)O)c(C)n1)C1CCCCC1. The maximum absolute atomic E-state index is 12.6. The molecule has 0 aliphatic heterocycles.